The van der Waals surface area contributed by atoms with Crippen molar-refractivity contribution in [1.82, 2.24) is 4.90 Å². The zero-order chi connectivity index (χ0) is 29.3. The minimum absolute atomic E-state index is 0.174. The van der Waals surface area contributed by atoms with Gasteiger partial charge in [-0.05, 0) is 63.4 Å². The number of nitrogens with one attached hydrogen (secondary N) is 1. The van der Waals surface area contributed by atoms with Crippen molar-refractivity contribution in [1.29, 1.82) is 0 Å². The monoisotopic (exact) mass is 627 g/mol. The summed E-state index contributed by atoms with van der Waals surface area (Å²) in [4.78, 5) is 45.1. The number of anilines is 2. The number of aliphatic hydroxyl groups excluding tert-OH is 1. The fraction of sp³-hybridized carbons (Fsp3) is 0.516. The van der Waals surface area contributed by atoms with Gasteiger partial charge in [0.25, 0.3) is 0 Å². The van der Waals surface area contributed by atoms with Crippen molar-refractivity contribution in [3.63, 3.8) is 0 Å². The molecule has 1 spiro atoms. The number of nitrogens with zero attached hydrogens (tertiary/aromatic N) is 2. The van der Waals surface area contributed by atoms with Gasteiger partial charge in [-0.15, -0.1) is 0 Å². The normalized spacial score (nSPS) is 28.9. The van der Waals surface area contributed by atoms with E-state index in [1.54, 1.807) is 6.92 Å². The second-order valence-corrected chi connectivity index (χ2v) is 12.1. The van der Waals surface area contributed by atoms with E-state index >= 15 is 0 Å². The smallest absolute Gasteiger partial charge is 0.312 e. The van der Waals surface area contributed by atoms with Gasteiger partial charge in [0.1, 0.15) is 11.6 Å². The molecule has 2 N–H and O–H groups in total. The average Bonchev–Trinajstić information content (AvgIpc) is 3.57. The number of amides is 2. The summed E-state index contributed by atoms with van der Waals surface area (Å²) < 4.78 is 11.9. The minimum Gasteiger partial charge on any atom is -0.466 e. The third-order valence-corrected chi connectivity index (χ3v) is 9.56. The molecule has 5 rings (SSSR count). The molecule has 2 aromatic carbocycles. The van der Waals surface area contributed by atoms with E-state index in [0.29, 0.717) is 18.5 Å². The molecule has 0 radical (unpaired) electrons. The standard InChI is InChI=1S/C31H38BrN3O6/c1-4-34(5-2)21-14-12-20(13-15-21)33-28(37)27-31-17-23(32)26(41-31)24(30(39)40-6-3)25(31)29(38)35(27)22(18-36)16-19-10-8-7-9-11-19/h7-15,22-27,36H,4-6,16-18H2,1-3H3,(H,33,37)/t22-,23?,24-,25+,26-,27-,31+/m1/s1. The van der Waals surface area contributed by atoms with Crippen molar-refractivity contribution in [3.05, 3.63) is 60.2 Å². The highest BCUT2D eigenvalue weighted by Gasteiger charge is 2.77. The Bertz CT molecular complexity index is 1260. The summed E-state index contributed by atoms with van der Waals surface area (Å²) >= 11 is 3.66. The van der Waals surface area contributed by atoms with Crippen LogP contribution < -0.4 is 10.2 Å². The molecular weight excluding hydrogens is 590 g/mol. The number of hydrogen-bond acceptors (Lipinski definition) is 7. The molecule has 10 heteroatoms. The Labute approximate surface area is 249 Å². The van der Waals surface area contributed by atoms with Crippen LogP contribution in [0.5, 0.6) is 0 Å². The van der Waals surface area contributed by atoms with E-state index in [9.17, 15) is 19.5 Å². The predicted molar refractivity (Wildman–Crippen MR) is 159 cm³/mol. The van der Waals surface area contributed by atoms with Gasteiger partial charge in [-0.25, -0.2) is 0 Å². The van der Waals surface area contributed by atoms with Crippen LogP contribution in [0.1, 0.15) is 32.8 Å². The molecule has 7 atom stereocenters. The fourth-order valence-corrected chi connectivity index (χ4v) is 7.90. The van der Waals surface area contributed by atoms with E-state index in [-0.39, 0.29) is 23.9 Å². The predicted octanol–water partition coefficient (Wildman–Crippen LogP) is 3.39. The van der Waals surface area contributed by atoms with Crippen LogP contribution in [0.25, 0.3) is 0 Å². The minimum atomic E-state index is -1.23. The maximum atomic E-state index is 14.3. The van der Waals surface area contributed by atoms with E-state index in [4.69, 9.17) is 9.47 Å². The van der Waals surface area contributed by atoms with E-state index in [1.165, 1.54) is 4.90 Å². The van der Waals surface area contributed by atoms with Crippen LogP contribution in [-0.4, -0.2) is 82.7 Å². The number of carbonyl (C=O) groups excluding carboxylic acids is 3. The lowest BCUT2D eigenvalue weighted by Crippen LogP contribution is -2.57. The van der Waals surface area contributed by atoms with Gasteiger partial charge in [0.05, 0.1) is 37.2 Å². The molecule has 2 amide bonds. The van der Waals surface area contributed by atoms with Crippen LogP contribution in [0.3, 0.4) is 0 Å². The summed E-state index contributed by atoms with van der Waals surface area (Å²) in [5.74, 6) is -3.00. The number of likely N-dealkylation sites (tertiary alicyclic amines) is 1. The van der Waals surface area contributed by atoms with Gasteiger partial charge in [0.2, 0.25) is 11.8 Å². The van der Waals surface area contributed by atoms with E-state index < -0.39 is 47.5 Å². The van der Waals surface area contributed by atoms with E-state index in [1.807, 2.05) is 54.6 Å². The van der Waals surface area contributed by atoms with Gasteiger partial charge in [0.15, 0.2) is 0 Å². The molecule has 41 heavy (non-hydrogen) atoms. The van der Waals surface area contributed by atoms with Crippen LogP contribution >= 0.6 is 15.9 Å². The van der Waals surface area contributed by atoms with Crippen LogP contribution in [0.2, 0.25) is 0 Å². The van der Waals surface area contributed by atoms with Gasteiger partial charge in [0, 0.05) is 29.3 Å². The third-order valence-electron chi connectivity index (χ3n) is 8.72. The molecular formula is C31H38BrN3O6. The molecule has 9 nitrogen and oxygen atoms in total. The number of ether oxygens (including phenoxy) is 2. The molecule has 3 fully saturated rings. The van der Waals surface area contributed by atoms with Crippen LogP contribution in [0.4, 0.5) is 11.4 Å². The maximum Gasteiger partial charge on any atom is 0.312 e. The summed E-state index contributed by atoms with van der Waals surface area (Å²) in [7, 11) is 0. The number of rotatable bonds is 11. The first-order valence-electron chi connectivity index (χ1n) is 14.4. The number of esters is 1. The van der Waals surface area contributed by atoms with Gasteiger partial charge >= 0.3 is 5.97 Å². The summed E-state index contributed by atoms with van der Waals surface area (Å²) in [6, 6.07) is 15.4. The van der Waals surface area contributed by atoms with Crippen molar-refractivity contribution >= 4 is 45.1 Å². The Morgan fingerprint density at radius 3 is 2.44 bits per heavy atom. The first-order valence-corrected chi connectivity index (χ1v) is 15.3. The Balaban J connectivity index is 1.51. The summed E-state index contributed by atoms with van der Waals surface area (Å²) in [5, 5.41) is 13.6. The lowest BCUT2D eigenvalue weighted by Gasteiger charge is -2.37. The highest BCUT2D eigenvalue weighted by molar-refractivity contribution is 9.09. The largest absolute Gasteiger partial charge is 0.466 e. The molecule has 0 aromatic heterocycles. The number of aliphatic hydroxyl groups is 1. The SMILES string of the molecule is CCOC(=O)[C@H]1[C@@H]2O[C@@]3(CC2Br)[C@@H]1C(=O)N([C@@H](CO)Cc1ccccc1)[C@@H]3C(=O)Nc1ccc(N(CC)CC)cc1. The Kier molecular flexibility index (Phi) is 8.73. The number of alkyl halides is 1. The van der Waals surface area contributed by atoms with Crippen molar-refractivity contribution in [2.45, 2.75) is 62.2 Å². The maximum absolute atomic E-state index is 14.3. The average molecular weight is 629 g/mol. The van der Waals surface area contributed by atoms with Crippen LogP contribution in [-0.2, 0) is 30.3 Å². The molecule has 2 aromatic rings. The number of carbonyl (C=O) groups is 3. The summed E-state index contributed by atoms with van der Waals surface area (Å²) in [6.45, 7) is 7.45. The van der Waals surface area contributed by atoms with Gasteiger partial charge in [-0.3, -0.25) is 14.4 Å². The summed E-state index contributed by atoms with van der Waals surface area (Å²) in [5.41, 5.74) is 1.32. The fourth-order valence-electron chi connectivity index (χ4n) is 6.96. The number of halogens is 1. The lowest BCUT2D eigenvalue weighted by molar-refractivity contribution is -0.155. The number of fused-ring (bicyclic) bond motifs is 1. The Hall–Kier alpha value is -2.95. The zero-order valence-corrected chi connectivity index (χ0v) is 25.2. The number of hydrogen-bond donors (Lipinski definition) is 2. The molecule has 220 valence electrons. The Morgan fingerprint density at radius 1 is 1.15 bits per heavy atom. The van der Waals surface area contributed by atoms with Gasteiger partial charge in [-0.2, -0.15) is 0 Å². The quantitative estimate of drug-likeness (QED) is 0.290. The topological polar surface area (TPSA) is 108 Å². The molecule has 2 bridgehead atoms. The molecule has 3 aliphatic heterocycles. The highest BCUT2D eigenvalue weighted by atomic mass is 79.9. The molecule has 1 unspecified atom stereocenters. The molecule has 3 aliphatic rings. The van der Waals surface area contributed by atoms with E-state index in [2.05, 4.69) is 40.0 Å². The molecule has 0 aliphatic carbocycles. The first-order chi connectivity index (χ1) is 19.8. The van der Waals surface area contributed by atoms with Crippen LogP contribution in [0, 0.1) is 11.8 Å². The second kappa shape index (κ2) is 12.1. The van der Waals surface area contributed by atoms with Crippen molar-refractivity contribution in [2.24, 2.45) is 11.8 Å². The highest BCUT2D eigenvalue weighted by Crippen LogP contribution is 2.60. The van der Waals surface area contributed by atoms with Gasteiger partial charge < -0.3 is 29.7 Å². The van der Waals surface area contributed by atoms with Crippen LogP contribution in [0.15, 0.2) is 54.6 Å². The van der Waals surface area contributed by atoms with Crippen molar-refractivity contribution in [2.75, 3.05) is 36.5 Å². The van der Waals surface area contributed by atoms with E-state index in [0.717, 1.165) is 24.3 Å². The Morgan fingerprint density at radius 2 is 1.83 bits per heavy atom. The zero-order valence-electron chi connectivity index (χ0n) is 23.7. The molecule has 0 saturated carbocycles. The van der Waals surface area contributed by atoms with Crippen molar-refractivity contribution < 1.29 is 29.0 Å². The lowest BCUT2D eigenvalue weighted by atomic mass is 9.70. The summed E-state index contributed by atoms with van der Waals surface area (Å²) in [6.07, 6.45) is 0.137. The van der Waals surface area contributed by atoms with Gasteiger partial charge in [-0.1, -0.05) is 46.3 Å². The number of benzene rings is 2. The second-order valence-electron chi connectivity index (χ2n) is 10.9. The first kappa shape index (κ1) is 29.5. The molecule has 3 saturated heterocycles. The third kappa shape index (κ3) is 5.15. The van der Waals surface area contributed by atoms with Crippen molar-refractivity contribution in [3.8, 4) is 0 Å². The molecule has 3 heterocycles.